The summed E-state index contributed by atoms with van der Waals surface area (Å²) in [5.41, 5.74) is 1.76. The van der Waals surface area contributed by atoms with Crippen LogP contribution in [0.25, 0.3) is 0 Å². The molecule has 9 heteroatoms. The highest BCUT2D eigenvalue weighted by Gasteiger charge is 2.32. The maximum atomic E-state index is 13.0. The van der Waals surface area contributed by atoms with Crippen molar-refractivity contribution in [2.45, 2.75) is 32.5 Å². The number of hydrogen-bond acceptors (Lipinski definition) is 4. The van der Waals surface area contributed by atoms with Crippen molar-refractivity contribution in [3.05, 3.63) is 59.7 Å². The van der Waals surface area contributed by atoms with Gasteiger partial charge in [0.15, 0.2) is 0 Å². The number of alkyl halides is 3. The van der Waals surface area contributed by atoms with Gasteiger partial charge in [0.2, 0.25) is 5.91 Å². The Hall–Kier alpha value is -2.97. The highest BCUT2D eigenvalue weighted by atomic mass is 19.4. The fraction of sp³-hybridized carbons (Fsp3) is 0.294. The van der Waals surface area contributed by atoms with Crippen molar-refractivity contribution in [2.75, 3.05) is 0 Å². The van der Waals surface area contributed by atoms with E-state index in [1.54, 1.807) is 6.92 Å². The third-order valence-corrected chi connectivity index (χ3v) is 3.65. The van der Waals surface area contributed by atoms with E-state index in [4.69, 9.17) is 0 Å². The van der Waals surface area contributed by atoms with Gasteiger partial charge in [0, 0.05) is 18.8 Å². The first kappa shape index (κ1) is 19.4. The largest absolute Gasteiger partial charge is 0.416 e. The number of carbonyl (C=O) groups excluding carboxylic acids is 2. The maximum Gasteiger partial charge on any atom is 0.416 e. The third kappa shape index (κ3) is 4.56. The minimum atomic E-state index is -4.51. The van der Waals surface area contributed by atoms with Crippen LogP contribution in [0.3, 0.4) is 0 Å². The average Bonchev–Trinajstić information content (AvgIpc) is 2.65. The Morgan fingerprint density at radius 3 is 2.58 bits per heavy atom. The first-order chi connectivity index (χ1) is 12.2. The summed E-state index contributed by atoms with van der Waals surface area (Å²) in [5.74, 6) is -1.13. The molecule has 1 atom stereocenters. The predicted molar refractivity (Wildman–Crippen MR) is 86.5 cm³/mol. The van der Waals surface area contributed by atoms with E-state index in [1.807, 2.05) is 0 Å². The Balaban J connectivity index is 2.38. The second kappa shape index (κ2) is 7.94. The standard InChI is InChI=1S/C17H17F3N4O2/c1-3-15(25)23-24(16(26)14-10-21-7-8-22-14)11(2)12-5-4-6-13(9-12)17(18,19)20/h4-11H,3H2,1-2H3,(H,23,25). The fourth-order valence-electron chi connectivity index (χ4n) is 2.19. The van der Waals surface area contributed by atoms with Crippen LogP contribution < -0.4 is 5.43 Å². The molecule has 138 valence electrons. The quantitative estimate of drug-likeness (QED) is 0.844. The van der Waals surface area contributed by atoms with Crippen molar-refractivity contribution >= 4 is 11.8 Å². The van der Waals surface area contributed by atoms with Gasteiger partial charge in [0.1, 0.15) is 5.69 Å². The van der Waals surface area contributed by atoms with E-state index >= 15 is 0 Å². The number of carbonyl (C=O) groups is 2. The lowest BCUT2D eigenvalue weighted by Gasteiger charge is -2.29. The maximum absolute atomic E-state index is 13.0. The highest BCUT2D eigenvalue weighted by Crippen LogP contribution is 2.31. The van der Waals surface area contributed by atoms with E-state index < -0.39 is 29.6 Å². The molecule has 1 aromatic carbocycles. The van der Waals surface area contributed by atoms with Crippen molar-refractivity contribution in [3.63, 3.8) is 0 Å². The molecule has 26 heavy (non-hydrogen) atoms. The molecule has 0 spiro atoms. The number of nitrogens with one attached hydrogen (secondary N) is 1. The van der Waals surface area contributed by atoms with Crippen LogP contribution in [0, 0.1) is 0 Å². The van der Waals surface area contributed by atoms with Crippen LogP contribution in [0.1, 0.15) is 47.9 Å². The number of aromatic nitrogens is 2. The van der Waals surface area contributed by atoms with Crippen LogP contribution >= 0.6 is 0 Å². The average molecular weight is 366 g/mol. The number of amides is 2. The lowest BCUT2D eigenvalue weighted by atomic mass is 10.0. The topological polar surface area (TPSA) is 75.2 Å². The molecule has 0 bridgehead atoms. The summed E-state index contributed by atoms with van der Waals surface area (Å²) in [5, 5.41) is 0.964. The molecule has 2 aromatic rings. The van der Waals surface area contributed by atoms with E-state index in [-0.39, 0.29) is 17.7 Å². The molecule has 0 saturated heterocycles. The molecule has 0 aliphatic heterocycles. The number of rotatable bonds is 4. The lowest BCUT2D eigenvalue weighted by molar-refractivity contribution is -0.137. The van der Waals surface area contributed by atoms with Crippen molar-refractivity contribution < 1.29 is 22.8 Å². The van der Waals surface area contributed by atoms with E-state index in [9.17, 15) is 22.8 Å². The van der Waals surface area contributed by atoms with Gasteiger partial charge >= 0.3 is 6.18 Å². The number of hydrazine groups is 1. The van der Waals surface area contributed by atoms with Crippen molar-refractivity contribution in [1.82, 2.24) is 20.4 Å². The molecule has 1 unspecified atom stereocenters. The smallest absolute Gasteiger partial charge is 0.273 e. The van der Waals surface area contributed by atoms with Crippen molar-refractivity contribution in [3.8, 4) is 0 Å². The molecule has 1 aromatic heterocycles. The van der Waals surface area contributed by atoms with Crippen molar-refractivity contribution in [1.29, 1.82) is 0 Å². The van der Waals surface area contributed by atoms with E-state index in [0.29, 0.717) is 0 Å². The zero-order valence-electron chi connectivity index (χ0n) is 14.1. The van der Waals surface area contributed by atoms with Crippen molar-refractivity contribution in [2.24, 2.45) is 0 Å². The monoisotopic (exact) mass is 366 g/mol. The summed E-state index contributed by atoms with van der Waals surface area (Å²) in [7, 11) is 0. The highest BCUT2D eigenvalue weighted by molar-refractivity contribution is 5.93. The molecule has 2 rings (SSSR count). The van der Waals surface area contributed by atoms with Crippen LogP contribution in [0.4, 0.5) is 13.2 Å². The second-order valence-corrected chi connectivity index (χ2v) is 5.45. The van der Waals surface area contributed by atoms with E-state index in [2.05, 4.69) is 15.4 Å². The SMILES string of the molecule is CCC(=O)NN(C(=O)c1cnccn1)C(C)c1cccc(C(F)(F)F)c1. The number of halogens is 3. The number of benzene rings is 1. The molecule has 6 nitrogen and oxygen atoms in total. The Morgan fingerprint density at radius 1 is 1.27 bits per heavy atom. The molecule has 1 N–H and O–H groups in total. The number of nitrogens with zero attached hydrogens (tertiary/aromatic N) is 3. The van der Waals surface area contributed by atoms with Crippen LogP contribution in [0.15, 0.2) is 42.9 Å². The summed E-state index contributed by atoms with van der Waals surface area (Å²) >= 11 is 0. The van der Waals surface area contributed by atoms with E-state index in [1.165, 1.54) is 37.6 Å². The van der Waals surface area contributed by atoms with Crippen LogP contribution in [-0.4, -0.2) is 26.8 Å². The summed E-state index contributed by atoms with van der Waals surface area (Å²) in [6.45, 7) is 3.11. The van der Waals surface area contributed by atoms with Crippen LogP contribution in [0.5, 0.6) is 0 Å². The Labute approximate surface area is 148 Å². The van der Waals surface area contributed by atoms with Gasteiger partial charge < -0.3 is 0 Å². The molecule has 0 aliphatic carbocycles. The van der Waals surface area contributed by atoms with Crippen LogP contribution in [0.2, 0.25) is 0 Å². The summed E-state index contributed by atoms with van der Waals surface area (Å²) in [4.78, 5) is 32.2. The molecular formula is C17H17F3N4O2. The zero-order chi connectivity index (χ0) is 19.3. The molecular weight excluding hydrogens is 349 g/mol. The van der Waals surface area contributed by atoms with Gasteiger partial charge in [0.05, 0.1) is 17.8 Å². The van der Waals surface area contributed by atoms with Gasteiger partial charge in [-0.3, -0.25) is 20.0 Å². The third-order valence-electron chi connectivity index (χ3n) is 3.65. The summed E-state index contributed by atoms with van der Waals surface area (Å²) < 4.78 is 38.9. The van der Waals surface area contributed by atoms with Gasteiger partial charge in [-0.25, -0.2) is 9.99 Å². The predicted octanol–water partition coefficient (Wildman–Crippen LogP) is 3.14. The molecule has 1 heterocycles. The fourth-order valence-corrected chi connectivity index (χ4v) is 2.19. The zero-order valence-corrected chi connectivity index (χ0v) is 14.1. The second-order valence-electron chi connectivity index (χ2n) is 5.45. The lowest BCUT2D eigenvalue weighted by Crippen LogP contribution is -2.47. The molecule has 0 radical (unpaired) electrons. The molecule has 2 amide bonds. The minimum Gasteiger partial charge on any atom is -0.273 e. The van der Waals surface area contributed by atoms with Gasteiger partial charge in [0.25, 0.3) is 5.91 Å². The van der Waals surface area contributed by atoms with Gasteiger partial charge in [-0.1, -0.05) is 19.1 Å². The normalized spacial score (nSPS) is 12.3. The number of hydrogen-bond donors (Lipinski definition) is 1. The van der Waals surface area contributed by atoms with Gasteiger partial charge in [-0.2, -0.15) is 13.2 Å². The van der Waals surface area contributed by atoms with Gasteiger partial charge in [-0.15, -0.1) is 0 Å². The Morgan fingerprint density at radius 2 is 2.00 bits per heavy atom. The molecule has 0 aliphatic rings. The summed E-state index contributed by atoms with van der Waals surface area (Å²) in [6, 6.07) is 3.73. The van der Waals surface area contributed by atoms with Crippen LogP contribution in [-0.2, 0) is 11.0 Å². The van der Waals surface area contributed by atoms with Gasteiger partial charge in [-0.05, 0) is 24.6 Å². The Kier molecular flexibility index (Phi) is 5.91. The molecule has 0 fully saturated rings. The minimum absolute atomic E-state index is 0.0391. The van der Waals surface area contributed by atoms with E-state index in [0.717, 1.165) is 17.1 Å². The Bertz CT molecular complexity index is 781. The first-order valence-electron chi connectivity index (χ1n) is 7.80. The molecule has 0 saturated carbocycles. The summed E-state index contributed by atoms with van der Waals surface area (Å²) in [6.07, 6.45) is -0.516. The first-order valence-corrected chi connectivity index (χ1v) is 7.80.